The number of carbonyl (C=O) groups excluding carboxylic acids is 1. The van der Waals surface area contributed by atoms with E-state index in [-0.39, 0.29) is 5.84 Å². The molecule has 1 rings (SSSR count). The van der Waals surface area contributed by atoms with Gasteiger partial charge in [-0.15, -0.1) is 0 Å². The molecule has 0 aliphatic heterocycles. The summed E-state index contributed by atoms with van der Waals surface area (Å²) in [6.07, 6.45) is 0.294. The highest BCUT2D eigenvalue weighted by atomic mass is 79.9. The summed E-state index contributed by atoms with van der Waals surface area (Å²) >= 11 is 3.34. The van der Waals surface area contributed by atoms with Crippen molar-refractivity contribution in [2.24, 2.45) is 0 Å². The summed E-state index contributed by atoms with van der Waals surface area (Å²) in [5, 5.41) is 11.1. The minimum atomic E-state index is -0.634. The van der Waals surface area contributed by atoms with E-state index in [0.717, 1.165) is 17.5 Å². The molecule has 0 heterocycles. The molecule has 5 nitrogen and oxygen atoms in total. The largest absolute Gasteiger partial charge is 0.494 e. The number of ether oxygens (including phenoxy) is 2. The van der Waals surface area contributed by atoms with Crippen molar-refractivity contribution in [3.63, 3.8) is 0 Å². The molecule has 1 aromatic carbocycles. The number of amides is 1. The molecule has 21 heavy (non-hydrogen) atoms. The van der Waals surface area contributed by atoms with Gasteiger partial charge in [-0.05, 0) is 51.5 Å². The zero-order chi connectivity index (χ0) is 15.9. The Hall–Kier alpha value is -1.56. The van der Waals surface area contributed by atoms with Gasteiger partial charge in [-0.1, -0.05) is 15.9 Å². The summed E-state index contributed by atoms with van der Waals surface area (Å²) in [5.74, 6) is 0.737. The molecule has 1 amide bonds. The normalized spacial score (nSPS) is 10.9. The number of hydrogen-bond acceptors (Lipinski definition) is 4. The van der Waals surface area contributed by atoms with Crippen molar-refractivity contribution in [2.45, 2.75) is 32.8 Å². The van der Waals surface area contributed by atoms with Crippen LogP contribution in [-0.2, 0) is 4.74 Å². The molecule has 116 valence electrons. The van der Waals surface area contributed by atoms with Crippen LogP contribution >= 0.6 is 15.9 Å². The van der Waals surface area contributed by atoms with Gasteiger partial charge in [0.05, 0.1) is 6.61 Å². The second-order valence-corrected chi connectivity index (χ2v) is 6.21. The first-order valence-electron chi connectivity index (χ1n) is 6.69. The lowest BCUT2D eigenvalue weighted by Crippen LogP contribution is -2.36. The standard InChI is InChI=1S/C15H21BrN2O3/c1-15(2,3)21-14(19)18-13(17)11-5-7-12(8-6-11)20-10-4-9-16/h5-8H,4,9-10H2,1-3H3,(H2,17,18,19). The Morgan fingerprint density at radius 1 is 1.29 bits per heavy atom. The highest BCUT2D eigenvalue weighted by Gasteiger charge is 2.17. The Kier molecular flexibility index (Phi) is 6.68. The van der Waals surface area contributed by atoms with Crippen LogP contribution in [0.15, 0.2) is 24.3 Å². The molecule has 0 spiro atoms. The second kappa shape index (κ2) is 8.02. The lowest BCUT2D eigenvalue weighted by Gasteiger charge is -2.19. The van der Waals surface area contributed by atoms with Gasteiger partial charge in [-0.25, -0.2) is 4.79 Å². The zero-order valence-electron chi connectivity index (χ0n) is 12.5. The van der Waals surface area contributed by atoms with Crippen LogP contribution in [0, 0.1) is 5.41 Å². The minimum Gasteiger partial charge on any atom is -0.494 e. The number of alkyl carbamates (subject to hydrolysis) is 1. The van der Waals surface area contributed by atoms with Crippen LogP contribution in [0.3, 0.4) is 0 Å². The monoisotopic (exact) mass is 356 g/mol. The Morgan fingerprint density at radius 2 is 1.90 bits per heavy atom. The number of hydrogen-bond donors (Lipinski definition) is 2. The number of nitrogens with one attached hydrogen (secondary N) is 2. The van der Waals surface area contributed by atoms with Gasteiger partial charge in [0.15, 0.2) is 0 Å². The summed E-state index contributed by atoms with van der Waals surface area (Å²) in [5.41, 5.74) is 0.00556. The fourth-order valence-corrected chi connectivity index (χ4v) is 1.67. The molecule has 0 aliphatic rings. The summed E-state index contributed by atoms with van der Waals surface area (Å²) in [6, 6.07) is 7.00. The van der Waals surface area contributed by atoms with Gasteiger partial charge in [0.2, 0.25) is 0 Å². The molecule has 0 atom stereocenters. The van der Waals surface area contributed by atoms with Gasteiger partial charge in [0, 0.05) is 10.9 Å². The number of rotatable bonds is 5. The molecule has 0 fully saturated rings. The molecule has 0 unspecified atom stereocenters. The van der Waals surface area contributed by atoms with Crippen molar-refractivity contribution in [1.82, 2.24) is 5.32 Å². The minimum absolute atomic E-state index is 0.00346. The first-order chi connectivity index (χ1) is 9.81. The molecular formula is C15H21BrN2O3. The smallest absolute Gasteiger partial charge is 0.413 e. The van der Waals surface area contributed by atoms with E-state index in [1.807, 2.05) is 0 Å². The van der Waals surface area contributed by atoms with Crippen LogP contribution in [0.4, 0.5) is 4.79 Å². The topological polar surface area (TPSA) is 71.4 Å². The van der Waals surface area contributed by atoms with Gasteiger partial charge in [0.25, 0.3) is 0 Å². The van der Waals surface area contributed by atoms with Crippen molar-refractivity contribution in [2.75, 3.05) is 11.9 Å². The number of alkyl halides is 1. The maximum Gasteiger partial charge on any atom is 0.413 e. The van der Waals surface area contributed by atoms with Crippen molar-refractivity contribution in [3.8, 4) is 5.75 Å². The van der Waals surface area contributed by atoms with E-state index >= 15 is 0 Å². The quantitative estimate of drug-likeness (QED) is 0.365. The molecule has 0 aromatic heterocycles. The molecule has 0 saturated heterocycles. The number of amidine groups is 1. The SMILES string of the molecule is CC(C)(C)OC(=O)NC(=N)c1ccc(OCCCBr)cc1. The Balaban J connectivity index is 2.53. The van der Waals surface area contributed by atoms with Crippen LogP contribution in [0.25, 0.3) is 0 Å². The summed E-state index contributed by atoms with van der Waals surface area (Å²) in [6.45, 7) is 5.96. The maximum atomic E-state index is 11.6. The van der Waals surface area contributed by atoms with Crippen molar-refractivity contribution in [3.05, 3.63) is 29.8 Å². The van der Waals surface area contributed by atoms with E-state index in [9.17, 15) is 4.79 Å². The Bertz CT molecular complexity index is 481. The summed E-state index contributed by atoms with van der Waals surface area (Å²) < 4.78 is 10.6. The van der Waals surface area contributed by atoms with Crippen molar-refractivity contribution < 1.29 is 14.3 Å². The van der Waals surface area contributed by atoms with E-state index in [1.165, 1.54) is 0 Å². The maximum absolute atomic E-state index is 11.6. The predicted octanol–water partition coefficient (Wildman–Crippen LogP) is 3.70. The van der Waals surface area contributed by atoms with Gasteiger partial charge >= 0.3 is 6.09 Å². The Morgan fingerprint density at radius 3 is 2.43 bits per heavy atom. The lowest BCUT2D eigenvalue weighted by atomic mass is 10.2. The van der Waals surface area contributed by atoms with Crippen LogP contribution in [0.2, 0.25) is 0 Å². The van der Waals surface area contributed by atoms with E-state index in [4.69, 9.17) is 14.9 Å². The second-order valence-electron chi connectivity index (χ2n) is 5.42. The van der Waals surface area contributed by atoms with E-state index in [1.54, 1.807) is 45.0 Å². The molecule has 0 radical (unpaired) electrons. The van der Waals surface area contributed by atoms with Crippen molar-refractivity contribution in [1.29, 1.82) is 5.41 Å². The average molecular weight is 357 g/mol. The fourth-order valence-electron chi connectivity index (χ4n) is 1.44. The highest BCUT2D eigenvalue weighted by Crippen LogP contribution is 2.13. The van der Waals surface area contributed by atoms with Crippen LogP contribution in [0.1, 0.15) is 32.8 Å². The predicted molar refractivity (Wildman–Crippen MR) is 86.5 cm³/mol. The van der Waals surface area contributed by atoms with E-state index in [0.29, 0.717) is 12.2 Å². The number of carbonyl (C=O) groups is 1. The Labute approximate surface area is 133 Å². The molecular weight excluding hydrogens is 336 g/mol. The van der Waals surface area contributed by atoms with E-state index in [2.05, 4.69) is 21.2 Å². The van der Waals surface area contributed by atoms with Gasteiger partial charge < -0.3 is 9.47 Å². The number of halogens is 1. The zero-order valence-corrected chi connectivity index (χ0v) is 14.1. The van der Waals surface area contributed by atoms with Gasteiger partial charge in [-0.2, -0.15) is 0 Å². The molecule has 6 heteroatoms. The third kappa shape index (κ3) is 7.13. The first kappa shape index (κ1) is 17.5. The van der Waals surface area contributed by atoms with Crippen molar-refractivity contribution >= 4 is 27.9 Å². The van der Waals surface area contributed by atoms with E-state index < -0.39 is 11.7 Å². The lowest BCUT2D eigenvalue weighted by molar-refractivity contribution is 0.0563. The molecule has 0 bridgehead atoms. The summed E-state index contributed by atoms with van der Waals surface area (Å²) in [7, 11) is 0. The van der Waals surface area contributed by atoms with Gasteiger partial charge in [0.1, 0.15) is 17.2 Å². The van der Waals surface area contributed by atoms with Crippen LogP contribution in [0.5, 0.6) is 5.75 Å². The molecule has 1 aromatic rings. The third-order valence-corrected chi connectivity index (χ3v) is 2.88. The fraction of sp³-hybridized carbons (Fsp3) is 0.467. The average Bonchev–Trinajstić information content (AvgIpc) is 2.37. The molecule has 0 saturated carbocycles. The highest BCUT2D eigenvalue weighted by molar-refractivity contribution is 9.09. The molecule has 2 N–H and O–H groups in total. The first-order valence-corrected chi connectivity index (χ1v) is 7.82. The van der Waals surface area contributed by atoms with Gasteiger partial charge in [-0.3, -0.25) is 10.7 Å². The van der Waals surface area contributed by atoms with Crippen LogP contribution < -0.4 is 10.1 Å². The summed E-state index contributed by atoms with van der Waals surface area (Å²) in [4.78, 5) is 11.6. The van der Waals surface area contributed by atoms with Crippen LogP contribution in [-0.4, -0.2) is 29.5 Å². The molecule has 0 aliphatic carbocycles. The number of benzene rings is 1. The third-order valence-electron chi connectivity index (χ3n) is 2.32.